The van der Waals surface area contributed by atoms with Crippen molar-refractivity contribution in [2.75, 3.05) is 18.6 Å². The molecule has 0 saturated heterocycles. The van der Waals surface area contributed by atoms with Crippen LogP contribution in [-0.2, 0) is 24.0 Å². The van der Waals surface area contributed by atoms with E-state index in [0.717, 1.165) is 0 Å². The van der Waals surface area contributed by atoms with Crippen LogP contribution in [0.25, 0.3) is 0 Å². The van der Waals surface area contributed by atoms with E-state index < -0.39 is 60.4 Å². The smallest absolute Gasteiger partial charge is 0.328 e. The molecule has 0 radical (unpaired) electrons. The van der Waals surface area contributed by atoms with E-state index in [1.807, 2.05) is 0 Å². The fraction of sp³-hybridized carbons (Fsp3) is 0.667. The molecule has 0 aromatic heterocycles. The largest absolute Gasteiger partial charge is 0.480 e. The van der Waals surface area contributed by atoms with E-state index in [1.165, 1.54) is 18.7 Å². The van der Waals surface area contributed by atoms with Gasteiger partial charge in [0.05, 0.1) is 25.1 Å². The SMILES string of the molecule is CSCCC(NC(=O)CNC(=O)C(N)CC(N)=O)C(=O)NC(C(=O)O)C(C)O. The van der Waals surface area contributed by atoms with Gasteiger partial charge in [0.25, 0.3) is 0 Å². The molecular formula is C15H27N5O7S. The number of hydrogen-bond donors (Lipinski definition) is 7. The van der Waals surface area contributed by atoms with E-state index in [4.69, 9.17) is 16.6 Å². The number of nitrogens with one attached hydrogen (secondary N) is 3. The summed E-state index contributed by atoms with van der Waals surface area (Å²) >= 11 is 1.41. The van der Waals surface area contributed by atoms with Crippen LogP contribution < -0.4 is 27.4 Å². The van der Waals surface area contributed by atoms with Crippen molar-refractivity contribution >= 4 is 41.4 Å². The number of hydrogen-bond acceptors (Lipinski definition) is 8. The predicted octanol–water partition coefficient (Wildman–Crippen LogP) is -3.51. The Bertz CT molecular complexity index is 587. The average Bonchev–Trinajstić information content (AvgIpc) is 2.59. The standard InChI is InChI=1S/C15H27N5O7S/c1-7(21)12(15(26)27)20-14(25)9(3-4-28-2)19-11(23)6-18-13(24)8(16)5-10(17)22/h7-9,12,21H,3-6,16H2,1-2H3,(H2,17,22)(H,18,24)(H,19,23)(H,20,25)(H,26,27). The maximum atomic E-state index is 12.3. The molecule has 160 valence electrons. The van der Waals surface area contributed by atoms with Gasteiger partial charge in [-0.25, -0.2) is 4.79 Å². The first-order valence-corrected chi connectivity index (χ1v) is 9.70. The Kier molecular flexibility index (Phi) is 11.8. The highest BCUT2D eigenvalue weighted by atomic mass is 32.2. The summed E-state index contributed by atoms with van der Waals surface area (Å²) in [5, 5.41) is 25.2. The number of amides is 4. The van der Waals surface area contributed by atoms with Crippen molar-refractivity contribution in [3.8, 4) is 0 Å². The number of aliphatic hydroxyl groups is 1. The fourth-order valence-electron chi connectivity index (χ4n) is 2.00. The van der Waals surface area contributed by atoms with Crippen molar-refractivity contribution in [3.05, 3.63) is 0 Å². The number of nitrogens with two attached hydrogens (primary N) is 2. The first-order valence-electron chi connectivity index (χ1n) is 8.30. The Morgan fingerprint density at radius 1 is 1.11 bits per heavy atom. The molecule has 0 rings (SSSR count). The summed E-state index contributed by atoms with van der Waals surface area (Å²) < 4.78 is 0. The average molecular weight is 421 g/mol. The molecule has 28 heavy (non-hydrogen) atoms. The topological polar surface area (TPSA) is 214 Å². The van der Waals surface area contributed by atoms with E-state index in [1.54, 1.807) is 6.26 Å². The molecule has 9 N–H and O–H groups in total. The third kappa shape index (κ3) is 10.1. The van der Waals surface area contributed by atoms with Gasteiger partial charge in [0.1, 0.15) is 6.04 Å². The number of primary amides is 1. The Morgan fingerprint density at radius 2 is 1.71 bits per heavy atom. The van der Waals surface area contributed by atoms with Crippen molar-refractivity contribution in [2.45, 2.75) is 44.0 Å². The highest BCUT2D eigenvalue weighted by molar-refractivity contribution is 7.98. The van der Waals surface area contributed by atoms with Gasteiger partial charge in [-0.1, -0.05) is 0 Å². The summed E-state index contributed by atoms with van der Waals surface area (Å²) in [5.41, 5.74) is 10.4. The minimum atomic E-state index is -1.53. The zero-order valence-electron chi connectivity index (χ0n) is 15.6. The molecule has 0 heterocycles. The second kappa shape index (κ2) is 12.9. The lowest BCUT2D eigenvalue weighted by atomic mass is 10.1. The normalized spacial score (nSPS) is 14.9. The van der Waals surface area contributed by atoms with Gasteiger partial charge < -0.3 is 37.6 Å². The number of thioether (sulfide) groups is 1. The molecule has 0 aromatic rings. The predicted molar refractivity (Wildman–Crippen MR) is 101 cm³/mol. The summed E-state index contributed by atoms with van der Waals surface area (Å²) in [6, 6.07) is -3.81. The molecule has 13 heteroatoms. The summed E-state index contributed by atoms with van der Waals surface area (Å²) in [6.07, 6.45) is 0.249. The van der Waals surface area contributed by atoms with Crippen molar-refractivity contribution < 1.29 is 34.2 Å². The maximum absolute atomic E-state index is 12.3. The molecule has 4 amide bonds. The highest BCUT2D eigenvalue weighted by Gasteiger charge is 2.29. The van der Waals surface area contributed by atoms with Crippen LogP contribution in [0.5, 0.6) is 0 Å². The van der Waals surface area contributed by atoms with Gasteiger partial charge in [0.15, 0.2) is 6.04 Å². The number of carbonyl (C=O) groups is 5. The van der Waals surface area contributed by atoms with Crippen LogP contribution >= 0.6 is 11.8 Å². The Labute approximate surface area is 166 Å². The lowest BCUT2D eigenvalue weighted by molar-refractivity contribution is -0.145. The molecule has 0 saturated carbocycles. The summed E-state index contributed by atoms with van der Waals surface area (Å²) in [6.45, 7) is 0.701. The summed E-state index contributed by atoms with van der Waals surface area (Å²) in [5.74, 6) is -3.97. The van der Waals surface area contributed by atoms with Gasteiger partial charge in [-0.3, -0.25) is 19.2 Å². The Morgan fingerprint density at radius 3 is 2.18 bits per heavy atom. The molecule has 4 unspecified atom stereocenters. The first kappa shape index (κ1) is 25.6. The molecular weight excluding hydrogens is 394 g/mol. The molecule has 0 spiro atoms. The first-order chi connectivity index (χ1) is 13.0. The van der Waals surface area contributed by atoms with Gasteiger partial charge >= 0.3 is 5.97 Å². The van der Waals surface area contributed by atoms with Crippen molar-refractivity contribution in [2.24, 2.45) is 11.5 Å². The van der Waals surface area contributed by atoms with E-state index in [0.29, 0.717) is 5.75 Å². The van der Waals surface area contributed by atoms with Crippen LogP contribution in [0, 0.1) is 0 Å². The Hall–Kier alpha value is -2.38. The number of carboxylic acids is 1. The molecule has 0 aliphatic heterocycles. The second-order valence-corrected chi connectivity index (χ2v) is 6.95. The van der Waals surface area contributed by atoms with Crippen molar-refractivity contribution in [1.82, 2.24) is 16.0 Å². The lowest BCUT2D eigenvalue weighted by Gasteiger charge is -2.22. The maximum Gasteiger partial charge on any atom is 0.328 e. The quantitative estimate of drug-likeness (QED) is 0.157. The van der Waals surface area contributed by atoms with Crippen molar-refractivity contribution in [1.29, 1.82) is 0 Å². The van der Waals surface area contributed by atoms with Crippen LogP contribution in [0.1, 0.15) is 19.8 Å². The minimum Gasteiger partial charge on any atom is -0.480 e. The van der Waals surface area contributed by atoms with Crippen LogP contribution in [0.3, 0.4) is 0 Å². The number of rotatable bonds is 13. The molecule has 0 aromatic carbocycles. The minimum absolute atomic E-state index is 0.194. The third-order valence-electron chi connectivity index (χ3n) is 3.49. The molecule has 0 aliphatic rings. The van der Waals surface area contributed by atoms with Crippen LogP contribution in [0.15, 0.2) is 0 Å². The Balaban J connectivity index is 4.82. The zero-order chi connectivity index (χ0) is 21.9. The van der Waals surface area contributed by atoms with Gasteiger partial charge in [0, 0.05) is 0 Å². The number of carbonyl (C=O) groups excluding carboxylic acids is 4. The highest BCUT2D eigenvalue weighted by Crippen LogP contribution is 2.03. The number of aliphatic hydroxyl groups excluding tert-OH is 1. The number of carboxylic acid groups (broad SMARTS) is 1. The molecule has 12 nitrogen and oxygen atoms in total. The van der Waals surface area contributed by atoms with Gasteiger partial charge in [-0.15, -0.1) is 0 Å². The lowest BCUT2D eigenvalue weighted by Crippen LogP contribution is -2.56. The molecule has 0 aliphatic carbocycles. The third-order valence-corrected chi connectivity index (χ3v) is 4.13. The van der Waals surface area contributed by atoms with Crippen LogP contribution in [0.4, 0.5) is 0 Å². The summed E-state index contributed by atoms with van der Waals surface area (Å²) in [7, 11) is 0. The summed E-state index contributed by atoms with van der Waals surface area (Å²) in [4.78, 5) is 57.8. The number of aliphatic carboxylic acids is 1. The van der Waals surface area contributed by atoms with E-state index >= 15 is 0 Å². The van der Waals surface area contributed by atoms with Crippen molar-refractivity contribution in [3.63, 3.8) is 0 Å². The monoisotopic (exact) mass is 421 g/mol. The fourth-order valence-corrected chi connectivity index (χ4v) is 2.47. The van der Waals surface area contributed by atoms with Gasteiger partial charge in [-0.05, 0) is 25.4 Å². The van der Waals surface area contributed by atoms with E-state index in [9.17, 15) is 29.1 Å². The molecule has 0 bridgehead atoms. The van der Waals surface area contributed by atoms with Crippen LogP contribution in [0.2, 0.25) is 0 Å². The van der Waals surface area contributed by atoms with Gasteiger partial charge in [-0.2, -0.15) is 11.8 Å². The van der Waals surface area contributed by atoms with E-state index in [2.05, 4.69) is 16.0 Å². The molecule has 0 fully saturated rings. The second-order valence-electron chi connectivity index (χ2n) is 5.96. The van der Waals surface area contributed by atoms with E-state index in [-0.39, 0.29) is 12.8 Å². The molecule has 4 atom stereocenters. The van der Waals surface area contributed by atoms with Crippen LogP contribution in [-0.4, -0.2) is 82.6 Å². The zero-order valence-corrected chi connectivity index (χ0v) is 16.5. The van der Waals surface area contributed by atoms with Gasteiger partial charge in [0.2, 0.25) is 23.6 Å².